The first kappa shape index (κ1) is 19.5. The van der Waals surface area contributed by atoms with Crippen molar-refractivity contribution >= 4 is 18.4 Å². The zero-order valence-electron chi connectivity index (χ0n) is 16.6. The summed E-state index contributed by atoms with van der Waals surface area (Å²) in [5, 5.41) is 5.53. The van der Waals surface area contributed by atoms with E-state index in [1.165, 1.54) is 5.01 Å². The summed E-state index contributed by atoms with van der Waals surface area (Å²) in [4.78, 5) is 12.9. The summed E-state index contributed by atoms with van der Waals surface area (Å²) in [5.74, 6) is 1.32. The van der Waals surface area contributed by atoms with Crippen molar-refractivity contribution in [1.29, 1.82) is 0 Å². The zero-order chi connectivity index (χ0) is 20.6. The summed E-state index contributed by atoms with van der Waals surface area (Å²) in [6.45, 7) is 1.99. The van der Waals surface area contributed by atoms with Crippen LogP contribution in [0.2, 0.25) is 0 Å². The van der Waals surface area contributed by atoms with Crippen molar-refractivity contribution in [2.45, 2.75) is 13.2 Å². The zero-order valence-corrected chi connectivity index (χ0v) is 16.6. The van der Waals surface area contributed by atoms with Crippen LogP contribution in [0.5, 0.6) is 11.5 Å². The maximum absolute atomic E-state index is 11.0. The van der Waals surface area contributed by atoms with Gasteiger partial charge in [0.05, 0.1) is 12.2 Å². The molecule has 152 valence electrons. The Hall–Kier alpha value is -3.80. The summed E-state index contributed by atoms with van der Waals surface area (Å²) in [6, 6.07) is 25.8. The molecule has 1 aliphatic rings. The normalized spacial score (nSPS) is 13.2. The second kappa shape index (κ2) is 9.60. The van der Waals surface area contributed by atoms with Gasteiger partial charge in [-0.1, -0.05) is 66.7 Å². The smallest absolute Gasteiger partial charge is 0.229 e. The van der Waals surface area contributed by atoms with Gasteiger partial charge in [-0.15, -0.1) is 0 Å². The van der Waals surface area contributed by atoms with E-state index in [1.54, 1.807) is 6.34 Å². The van der Waals surface area contributed by atoms with Crippen LogP contribution < -0.4 is 14.4 Å². The van der Waals surface area contributed by atoms with Gasteiger partial charge in [0.15, 0.2) is 11.5 Å². The highest BCUT2D eigenvalue weighted by Crippen LogP contribution is 2.38. The van der Waals surface area contributed by atoms with Gasteiger partial charge in [0.1, 0.15) is 19.6 Å². The Labute approximate surface area is 176 Å². The third kappa shape index (κ3) is 4.78. The van der Waals surface area contributed by atoms with Gasteiger partial charge in [0, 0.05) is 6.54 Å². The van der Waals surface area contributed by atoms with Crippen molar-refractivity contribution in [3.05, 3.63) is 90.0 Å². The number of rotatable bonds is 8. The van der Waals surface area contributed by atoms with Crippen LogP contribution in [0.4, 0.5) is 5.69 Å². The van der Waals surface area contributed by atoms with E-state index >= 15 is 0 Å². The van der Waals surface area contributed by atoms with Gasteiger partial charge >= 0.3 is 0 Å². The number of hydrogen-bond donors (Lipinski definition) is 0. The van der Waals surface area contributed by atoms with E-state index in [2.05, 4.69) is 5.10 Å². The molecular formula is C24H23N3O3. The van der Waals surface area contributed by atoms with E-state index in [-0.39, 0.29) is 0 Å². The number of ether oxygens (including phenoxy) is 2. The first-order chi connectivity index (χ1) is 14.8. The van der Waals surface area contributed by atoms with Crippen molar-refractivity contribution in [2.75, 3.05) is 18.0 Å². The SMILES string of the molecule is O=CN1CCN(c2cccc(OCc3ccccc3)c2OCc2ccccc2)C=N1. The standard InChI is InChI=1S/C24H23N3O3/c28-19-27-15-14-26(18-25-27)22-12-7-13-23(29-16-20-8-3-1-4-9-20)24(22)30-17-21-10-5-2-6-11-21/h1-13,18-19H,14-17H2. The molecule has 6 nitrogen and oxygen atoms in total. The Morgan fingerprint density at radius 3 is 2.07 bits per heavy atom. The summed E-state index contributed by atoms with van der Waals surface area (Å²) < 4.78 is 12.4. The first-order valence-electron chi connectivity index (χ1n) is 9.82. The van der Waals surface area contributed by atoms with Gasteiger partial charge in [-0.2, -0.15) is 5.10 Å². The molecule has 3 aromatic rings. The highest BCUT2D eigenvalue weighted by atomic mass is 16.5. The van der Waals surface area contributed by atoms with Gasteiger partial charge in [0.2, 0.25) is 6.41 Å². The fourth-order valence-corrected chi connectivity index (χ4v) is 3.17. The molecule has 0 radical (unpaired) electrons. The van der Waals surface area contributed by atoms with Crippen molar-refractivity contribution < 1.29 is 14.3 Å². The molecule has 0 N–H and O–H groups in total. The summed E-state index contributed by atoms with van der Waals surface area (Å²) in [7, 11) is 0. The van der Waals surface area contributed by atoms with Crippen molar-refractivity contribution in [3.63, 3.8) is 0 Å². The van der Waals surface area contributed by atoms with Crippen molar-refractivity contribution in [2.24, 2.45) is 5.10 Å². The van der Waals surface area contributed by atoms with Crippen LogP contribution in [0.1, 0.15) is 11.1 Å². The summed E-state index contributed by atoms with van der Waals surface area (Å²) in [5.41, 5.74) is 3.00. The lowest BCUT2D eigenvalue weighted by Crippen LogP contribution is -2.37. The number of carbonyl (C=O) groups excluding carboxylic acids is 1. The van der Waals surface area contributed by atoms with E-state index in [0.29, 0.717) is 37.8 Å². The molecule has 0 aromatic heterocycles. The number of carbonyl (C=O) groups is 1. The maximum Gasteiger partial charge on any atom is 0.229 e. The molecular weight excluding hydrogens is 378 g/mol. The molecule has 0 unspecified atom stereocenters. The molecule has 1 heterocycles. The largest absolute Gasteiger partial charge is 0.485 e. The van der Waals surface area contributed by atoms with E-state index in [0.717, 1.165) is 23.2 Å². The molecule has 4 rings (SSSR count). The lowest BCUT2D eigenvalue weighted by molar-refractivity contribution is -0.118. The number of benzene rings is 3. The molecule has 0 spiro atoms. The maximum atomic E-state index is 11.0. The molecule has 0 atom stereocenters. The monoisotopic (exact) mass is 401 g/mol. The van der Waals surface area contributed by atoms with Crippen LogP contribution in [0.15, 0.2) is 84.0 Å². The molecule has 0 saturated carbocycles. The lowest BCUT2D eigenvalue weighted by atomic mass is 10.2. The Kier molecular flexibility index (Phi) is 6.25. The van der Waals surface area contributed by atoms with E-state index in [9.17, 15) is 4.79 Å². The predicted octanol–water partition coefficient (Wildman–Crippen LogP) is 4.07. The van der Waals surface area contributed by atoms with Crippen LogP contribution in [0, 0.1) is 0 Å². The van der Waals surface area contributed by atoms with Crippen LogP contribution in [-0.2, 0) is 18.0 Å². The predicted molar refractivity (Wildman–Crippen MR) is 117 cm³/mol. The fourth-order valence-electron chi connectivity index (χ4n) is 3.17. The molecule has 0 fully saturated rings. The van der Waals surface area contributed by atoms with Gasteiger partial charge in [-0.3, -0.25) is 4.79 Å². The molecule has 3 aromatic carbocycles. The third-order valence-corrected chi connectivity index (χ3v) is 4.76. The summed E-state index contributed by atoms with van der Waals surface area (Å²) in [6.07, 6.45) is 2.36. The van der Waals surface area contributed by atoms with Crippen LogP contribution in [-0.4, -0.2) is 30.8 Å². The van der Waals surface area contributed by atoms with Crippen LogP contribution >= 0.6 is 0 Å². The first-order valence-corrected chi connectivity index (χ1v) is 9.82. The minimum atomic E-state index is 0.422. The number of hydrazone groups is 1. The third-order valence-electron chi connectivity index (χ3n) is 4.76. The van der Waals surface area contributed by atoms with Gasteiger partial charge in [-0.25, -0.2) is 5.01 Å². The number of nitrogens with zero attached hydrogens (tertiary/aromatic N) is 3. The second-order valence-electron chi connectivity index (χ2n) is 6.85. The van der Waals surface area contributed by atoms with Gasteiger partial charge in [0.25, 0.3) is 0 Å². The number of para-hydroxylation sites is 1. The summed E-state index contributed by atoms with van der Waals surface area (Å²) >= 11 is 0. The van der Waals surface area contributed by atoms with Crippen LogP contribution in [0.3, 0.4) is 0 Å². The Bertz CT molecular complexity index is 993. The number of hydrogen-bond acceptors (Lipinski definition) is 5. The van der Waals surface area contributed by atoms with Gasteiger partial charge < -0.3 is 14.4 Å². The molecule has 0 bridgehead atoms. The molecule has 1 aliphatic heterocycles. The van der Waals surface area contributed by atoms with E-state index in [1.807, 2.05) is 83.8 Å². The van der Waals surface area contributed by atoms with Gasteiger partial charge in [-0.05, 0) is 23.3 Å². The molecule has 1 amide bonds. The molecule has 0 aliphatic carbocycles. The minimum absolute atomic E-state index is 0.422. The lowest BCUT2D eigenvalue weighted by Gasteiger charge is -2.28. The van der Waals surface area contributed by atoms with E-state index in [4.69, 9.17) is 9.47 Å². The van der Waals surface area contributed by atoms with Crippen LogP contribution in [0.25, 0.3) is 0 Å². The Morgan fingerprint density at radius 1 is 0.800 bits per heavy atom. The second-order valence-corrected chi connectivity index (χ2v) is 6.85. The average Bonchev–Trinajstić information content (AvgIpc) is 2.83. The Morgan fingerprint density at radius 2 is 1.47 bits per heavy atom. The van der Waals surface area contributed by atoms with Crippen molar-refractivity contribution in [1.82, 2.24) is 5.01 Å². The quantitative estimate of drug-likeness (QED) is 0.534. The van der Waals surface area contributed by atoms with Crippen molar-refractivity contribution in [3.8, 4) is 11.5 Å². The molecule has 30 heavy (non-hydrogen) atoms. The molecule has 0 saturated heterocycles. The fraction of sp³-hybridized carbons (Fsp3) is 0.167. The number of amides is 1. The highest BCUT2D eigenvalue weighted by molar-refractivity contribution is 5.84. The minimum Gasteiger partial charge on any atom is -0.485 e. The average molecular weight is 401 g/mol. The van der Waals surface area contributed by atoms with E-state index < -0.39 is 0 Å². The molecule has 6 heteroatoms. The highest BCUT2D eigenvalue weighted by Gasteiger charge is 2.19. The topological polar surface area (TPSA) is 54.4 Å². The number of anilines is 1. The Balaban J connectivity index is 1.60.